The Morgan fingerprint density at radius 2 is 1.78 bits per heavy atom. The van der Waals surface area contributed by atoms with Gasteiger partial charge in [0.05, 0.1) is 17.6 Å². The molecular weight excluding hydrogens is 446 g/mol. The van der Waals surface area contributed by atoms with Crippen molar-refractivity contribution in [2.75, 3.05) is 13.2 Å². The highest BCUT2D eigenvalue weighted by Crippen LogP contribution is 2.27. The summed E-state index contributed by atoms with van der Waals surface area (Å²) < 4.78 is 8.53. The second-order valence-electron chi connectivity index (χ2n) is 9.74. The zero-order valence-corrected chi connectivity index (χ0v) is 21.9. The second kappa shape index (κ2) is 11.9. The van der Waals surface area contributed by atoms with Crippen LogP contribution >= 0.6 is 0 Å². The number of amides is 1. The van der Waals surface area contributed by atoms with Crippen LogP contribution in [0.25, 0.3) is 11.0 Å². The highest BCUT2D eigenvalue weighted by atomic mass is 16.5. The smallest absolute Gasteiger partial charge is 0.251 e. The molecule has 5 nitrogen and oxygen atoms in total. The van der Waals surface area contributed by atoms with Crippen molar-refractivity contribution in [3.8, 4) is 5.75 Å². The summed E-state index contributed by atoms with van der Waals surface area (Å²) in [7, 11) is 0. The molecule has 0 aliphatic rings. The first kappa shape index (κ1) is 25.5. The molecule has 0 saturated heterocycles. The van der Waals surface area contributed by atoms with E-state index in [2.05, 4.69) is 67.1 Å². The van der Waals surface area contributed by atoms with Crippen LogP contribution in [0.4, 0.5) is 0 Å². The molecule has 1 amide bonds. The van der Waals surface area contributed by atoms with Crippen LogP contribution in [0.1, 0.15) is 65.5 Å². The zero-order valence-electron chi connectivity index (χ0n) is 21.9. The topological polar surface area (TPSA) is 56.1 Å². The first-order valence-electron chi connectivity index (χ1n) is 13.0. The Labute approximate surface area is 214 Å². The number of hydrogen-bond donors (Lipinski definition) is 1. The van der Waals surface area contributed by atoms with Crippen molar-refractivity contribution in [2.45, 2.75) is 59.4 Å². The monoisotopic (exact) mass is 483 g/mol. The minimum absolute atomic E-state index is 0.0179. The number of hydrogen-bond acceptors (Lipinski definition) is 3. The summed E-state index contributed by atoms with van der Waals surface area (Å²) in [4.78, 5) is 17.4. The summed E-state index contributed by atoms with van der Waals surface area (Å²) in [6.07, 6.45) is 2.53. The lowest BCUT2D eigenvalue weighted by Gasteiger charge is -2.15. The van der Waals surface area contributed by atoms with Crippen LogP contribution < -0.4 is 10.1 Å². The van der Waals surface area contributed by atoms with Gasteiger partial charge in [-0.2, -0.15) is 0 Å². The lowest BCUT2D eigenvalue weighted by Crippen LogP contribution is -2.25. The quantitative estimate of drug-likeness (QED) is 0.244. The standard InChI is InChI=1S/C31H37N3O2/c1-22(2)25-17-16-23(3)21-29(25)36-20-10-19-34-28-14-8-7-13-27(28)33-30(34)15-9-18-32-31(35)26-12-6-5-11-24(26)4/h5-8,11-14,16-17,21-22H,9-10,15,18-20H2,1-4H3,(H,32,35). The maximum absolute atomic E-state index is 12.5. The van der Waals surface area contributed by atoms with E-state index >= 15 is 0 Å². The summed E-state index contributed by atoms with van der Waals surface area (Å²) in [5, 5.41) is 3.06. The molecule has 0 saturated carbocycles. The molecule has 0 unspecified atom stereocenters. The Morgan fingerprint density at radius 3 is 2.58 bits per heavy atom. The first-order valence-corrected chi connectivity index (χ1v) is 13.0. The predicted molar refractivity (Wildman–Crippen MR) is 147 cm³/mol. The van der Waals surface area contributed by atoms with Crippen molar-refractivity contribution >= 4 is 16.9 Å². The van der Waals surface area contributed by atoms with E-state index in [1.807, 2.05) is 37.3 Å². The average molecular weight is 484 g/mol. The van der Waals surface area contributed by atoms with Gasteiger partial charge in [-0.25, -0.2) is 4.98 Å². The lowest BCUT2D eigenvalue weighted by atomic mass is 10.0. The van der Waals surface area contributed by atoms with E-state index in [4.69, 9.17) is 9.72 Å². The number of carbonyl (C=O) groups is 1. The molecule has 0 bridgehead atoms. The van der Waals surface area contributed by atoms with Crippen molar-refractivity contribution in [3.63, 3.8) is 0 Å². The molecule has 0 radical (unpaired) electrons. The van der Waals surface area contributed by atoms with Crippen LogP contribution in [0.2, 0.25) is 0 Å². The molecule has 1 aromatic heterocycles. The van der Waals surface area contributed by atoms with Crippen molar-refractivity contribution in [2.24, 2.45) is 0 Å². The van der Waals surface area contributed by atoms with Gasteiger partial charge in [-0.3, -0.25) is 4.79 Å². The Balaban J connectivity index is 1.36. The molecule has 0 atom stereocenters. The lowest BCUT2D eigenvalue weighted by molar-refractivity contribution is 0.0952. The van der Waals surface area contributed by atoms with Gasteiger partial charge in [-0.1, -0.05) is 56.3 Å². The van der Waals surface area contributed by atoms with Crippen molar-refractivity contribution in [1.82, 2.24) is 14.9 Å². The summed E-state index contributed by atoms with van der Waals surface area (Å²) in [6.45, 7) is 10.6. The fourth-order valence-corrected chi connectivity index (χ4v) is 4.59. The number of aromatic nitrogens is 2. The van der Waals surface area contributed by atoms with Crippen LogP contribution in [0.15, 0.2) is 66.7 Å². The van der Waals surface area contributed by atoms with Gasteiger partial charge >= 0.3 is 0 Å². The van der Waals surface area contributed by atoms with E-state index in [-0.39, 0.29) is 5.91 Å². The Kier molecular flexibility index (Phi) is 8.42. The van der Waals surface area contributed by atoms with Gasteiger partial charge in [-0.15, -0.1) is 0 Å². The number of ether oxygens (including phenoxy) is 1. The molecule has 188 valence electrons. The molecular formula is C31H37N3O2. The molecule has 1 heterocycles. The van der Waals surface area contributed by atoms with Crippen LogP contribution in [0.5, 0.6) is 5.75 Å². The fraction of sp³-hybridized carbons (Fsp3) is 0.355. The molecule has 1 N–H and O–H groups in total. The van der Waals surface area contributed by atoms with E-state index < -0.39 is 0 Å². The number of aryl methyl sites for hydroxylation is 4. The summed E-state index contributed by atoms with van der Waals surface area (Å²) in [6, 6.07) is 22.4. The predicted octanol–water partition coefficient (Wildman–Crippen LogP) is 6.61. The molecule has 0 aliphatic carbocycles. The summed E-state index contributed by atoms with van der Waals surface area (Å²) in [5.41, 5.74) is 6.35. The SMILES string of the molecule is Cc1ccc(C(C)C)c(OCCCn2c(CCCNC(=O)c3ccccc3C)nc3ccccc32)c1. The van der Waals surface area contributed by atoms with Crippen LogP contribution in [-0.2, 0) is 13.0 Å². The molecule has 4 rings (SSSR count). The van der Waals surface area contributed by atoms with Crippen LogP contribution in [-0.4, -0.2) is 28.6 Å². The van der Waals surface area contributed by atoms with Gasteiger partial charge in [0.25, 0.3) is 5.91 Å². The fourth-order valence-electron chi connectivity index (χ4n) is 4.59. The third-order valence-corrected chi connectivity index (χ3v) is 6.56. The maximum atomic E-state index is 12.5. The number of nitrogens with one attached hydrogen (secondary N) is 1. The number of carbonyl (C=O) groups excluding carboxylic acids is 1. The molecule has 3 aromatic carbocycles. The molecule has 4 aromatic rings. The highest BCUT2D eigenvalue weighted by molar-refractivity contribution is 5.95. The van der Waals surface area contributed by atoms with Crippen LogP contribution in [0.3, 0.4) is 0 Å². The van der Waals surface area contributed by atoms with E-state index in [0.717, 1.165) is 59.5 Å². The summed E-state index contributed by atoms with van der Waals surface area (Å²) >= 11 is 0. The largest absolute Gasteiger partial charge is 0.493 e. The second-order valence-corrected chi connectivity index (χ2v) is 9.74. The van der Waals surface area contributed by atoms with E-state index in [9.17, 15) is 4.79 Å². The molecule has 36 heavy (non-hydrogen) atoms. The minimum atomic E-state index is -0.0179. The third kappa shape index (κ3) is 6.14. The minimum Gasteiger partial charge on any atom is -0.493 e. The Bertz CT molecular complexity index is 1320. The van der Waals surface area contributed by atoms with Gasteiger partial charge < -0.3 is 14.6 Å². The average Bonchev–Trinajstić information content (AvgIpc) is 3.21. The Morgan fingerprint density at radius 1 is 1.00 bits per heavy atom. The molecule has 5 heteroatoms. The van der Waals surface area contributed by atoms with Gasteiger partial charge in [0.1, 0.15) is 11.6 Å². The third-order valence-electron chi connectivity index (χ3n) is 6.56. The number of rotatable bonds is 11. The van der Waals surface area contributed by atoms with E-state index in [1.165, 1.54) is 11.1 Å². The number of nitrogens with zero attached hydrogens (tertiary/aromatic N) is 2. The number of imidazole rings is 1. The zero-order chi connectivity index (χ0) is 25.5. The first-order chi connectivity index (χ1) is 17.4. The molecule has 0 aliphatic heterocycles. The van der Waals surface area contributed by atoms with Crippen LogP contribution in [0, 0.1) is 13.8 Å². The van der Waals surface area contributed by atoms with E-state index in [1.54, 1.807) is 0 Å². The molecule has 0 spiro atoms. The number of fused-ring (bicyclic) bond motifs is 1. The van der Waals surface area contributed by atoms with Gasteiger partial charge in [0, 0.05) is 25.1 Å². The molecule has 0 fully saturated rings. The van der Waals surface area contributed by atoms with Crippen molar-refractivity contribution < 1.29 is 9.53 Å². The Hall–Kier alpha value is -3.60. The van der Waals surface area contributed by atoms with Gasteiger partial charge in [-0.05, 0) is 73.6 Å². The van der Waals surface area contributed by atoms with Crippen molar-refractivity contribution in [1.29, 1.82) is 0 Å². The summed E-state index contributed by atoms with van der Waals surface area (Å²) in [5.74, 6) is 2.46. The maximum Gasteiger partial charge on any atom is 0.251 e. The van der Waals surface area contributed by atoms with Gasteiger partial charge in [0.2, 0.25) is 0 Å². The normalized spacial score (nSPS) is 11.2. The highest BCUT2D eigenvalue weighted by Gasteiger charge is 2.12. The number of para-hydroxylation sites is 2. The van der Waals surface area contributed by atoms with Gasteiger partial charge in [0.15, 0.2) is 0 Å². The van der Waals surface area contributed by atoms with E-state index in [0.29, 0.717) is 19.1 Å². The van der Waals surface area contributed by atoms with Crippen molar-refractivity contribution in [3.05, 3.63) is 94.8 Å². The number of benzene rings is 3.